The number of hydrogen-bond acceptors (Lipinski definition) is 2. The zero-order valence-corrected chi connectivity index (χ0v) is 9.19. The lowest BCUT2D eigenvalue weighted by Gasteiger charge is -2.12. The Morgan fingerprint density at radius 2 is 2.19 bits per heavy atom. The Morgan fingerprint density at radius 1 is 1.44 bits per heavy atom. The lowest BCUT2D eigenvalue weighted by Crippen LogP contribution is -2.01. The van der Waals surface area contributed by atoms with E-state index in [-0.39, 0.29) is 5.92 Å². The van der Waals surface area contributed by atoms with Crippen LogP contribution in [-0.2, 0) is 4.79 Å². The molecule has 3 heteroatoms. The molecule has 16 heavy (non-hydrogen) atoms. The fourth-order valence-electron chi connectivity index (χ4n) is 2.35. The molecular formula is C13H14O3. The highest BCUT2D eigenvalue weighted by atomic mass is 16.4. The molecular weight excluding hydrogens is 204 g/mol. The first-order chi connectivity index (χ1) is 7.58. The van der Waals surface area contributed by atoms with E-state index in [1.165, 1.54) is 0 Å². The molecule has 0 radical (unpaired) electrons. The van der Waals surface area contributed by atoms with Gasteiger partial charge in [0, 0.05) is 12.8 Å². The van der Waals surface area contributed by atoms with Crippen LogP contribution in [0.15, 0.2) is 18.2 Å². The van der Waals surface area contributed by atoms with Gasteiger partial charge < -0.3 is 5.11 Å². The van der Waals surface area contributed by atoms with Gasteiger partial charge in [0.05, 0.1) is 5.56 Å². The van der Waals surface area contributed by atoms with Crippen molar-refractivity contribution in [2.75, 3.05) is 0 Å². The highest BCUT2D eigenvalue weighted by Gasteiger charge is 2.24. The number of hydrogen-bond donors (Lipinski definition) is 1. The molecule has 0 aliphatic heterocycles. The summed E-state index contributed by atoms with van der Waals surface area (Å²) in [5, 5.41) is 8.85. The lowest BCUT2D eigenvalue weighted by molar-refractivity contribution is -0.117. The molecule has 0 aromatic heterocycles. The minimum Gasteiger partial charge on any atom is -0.478 e. The van der Waals surface area contributed by atoms with Crippen LogP contribution < -0.4 is 0 Å². The van der Waals surface area contributed by atoms with Crippen LogP contribution in [0.1, 0.15) is 46.7 Å². The van der Waals surface area contributed by atoms with Crippen molar-refractivity contribution in [3.8, 4) is 0 Å². The molecule has 1 fully saturated rings. The molecule has 0 saturated heterocycles. The SMILES string of the molecule is Cc1cc(C(=O)O)ccc1[C@H]1CCC(=O)C1. The predicted octanol–water partition coefficient (Wildman–Crippen LogP) is 2.53. The maximum Gasteiger partial charge on any atom is 0.335 e. The van der Waals surface area contributed by atoms with Crippen molar-refractivity contribution in [1.29, 1.82) is 0 Å². The first-order valence-corrected chi connectivity index (χ1v) is 5.43. The molecule has 1 saturated carbocycles. The Morgan fingerprint density at radius 3 is 2.69 bits per heavy atom. The van der Waals surface area contributed by atoms with E-state index >= 15 is 0 Å². The summed E-state index contributed by atoms with van der Waals surface area (Å²) in [4.78, 5) is 22.0. The molecule has 0 amide bonds. The average Bonchev–Trinajstić information content (AvgIpc) is 2.64. The van der Waals surface area contributed by atoms with E-state index in [4.69, 9.17) is 5.11 Å². The van der Waals surface area contributed by atoms with E-state index in [0.717, 1.165) is 17.5 Å². The molecule has 0 spiro atoms. The molecule has 1 atom stereocenters. The summed E-state index contributed by atoms with van der Waals surface area (Å²) in [6.07, 6.45) is 2.16. The van der Waals surface area contributed by atoms with E-state index in [1.54, 1.807) is 12.1 Å². The van der Waals surface area contributed by atoms with Crippen LogP contribution in [0.4, 0.5) is 0 Å². The third-order valence-corrected chi connectivity index (χ3v) is 3.20. The average molecular weight is 218 g/mol. The monoisotopic (exact) mass is 218 g/mol. The van der Waals surface area contributed by atoms with E-state index in [0.29, 0.717) is 24.2 Å². The van der Waals surface area contributed by atoms with Crippen molar-refractivity contribution in [1.82, 2.24) is 0 Å². The van der Waals surface area contributed by atoms with Gasteiger partial charge in [0.2, 0.25) is 0 Å². The number of carbonyl (C=O) groups excluding carboxylic acids is 1. The zero-order chi connectivity index (χ0) is 11.7. The Balaban J connectivity index is 2.29. The second-order valence-corrected chi connectivity index (χ2v) is 4.35. The van der Waals surface area contributed by atoms with Crippen LogP contribution in [0.2, 0.25) is 0 Å². The van der Waals surface area contributed by atoms with Crippen molar-refractivity contribution < 1.29 is 14.7 Å². The van der Waals surface area contributed by atoms with Crippen LogP contribution in [-0.4, -0.2) is 16.9 Å². The van der Waals surface area contributed by atoms with Gasteiger partial charge in [0.1, 0.15) is 5.78 Å². The lowest BCUT2D eigenvalue weighted by atomic mass is 9.92. The summed E-state index contributed by atoms with van der Waals surface area (Å²) >= 11 is 0. The van der Waals surface area contributed by atoms with Crippen LogP contribution in [0, 0.1) is 6.92 Å². The topological polar surface area (TPSA) is 54.4 Å². The second-order valence-electron chi connectivity index (χ2n) is 4.35. The fourth-order valence-corrected chi connectivity index (χ4v) is 2.35. The summed E-state index contributed by atoms with van der Waals surface area (Å²) < 4.78 is 0. The molecule has 1 aromatic rings. The molecule has 1 N–H and O–H groups in total. The molecule has 0 unspecified atom stereocenters. The standard InChI is InChI=1S/C13H14O3/c1-8-6-10(13(15)16)3-5-12(8)9-2-4-11(14)7-9/h3,5-6,9H,2,4,7H2,1H3,(H,15,16)/t9-/m0/s1. The van der Waals surface area contributed by atoms with Crippen molar-refractivity contribution in [3.63, 3.8) is 0 Å². The summed E-state index contributed by atoms with van der Waals surface area (Å²) in [6.45, 7) is 1.91. The molecule has 1 aliphatic rings. The van der Waals surface area contributed by atoms with Crippen LogP contribution in [0.3, 0.4) is 0 Å². The largest absolute Gasteiger partial charge is 0.478 e. The maximum atomic E-state index is 11.2. The third-order valence-electron chi connectivity index (χ3n) is 3.20. The molecule has 1 aliphatic carbocycles. The summed E-state index contributed by atoms with van der Waals surface area (Å²) in [5.74, 6) is -0.306. The normalized spacial score (nSPS) is 20.1. The third kappa shape index (κ3) is 1.98. The maximum absolute atomic E-state index is 11.2. The second kappa shape index (κ2) is 4.08. The quantitative estimate of drug-likeness (QED) is 0.829. The van der Waals surface area contributed by atoms with Gasteiger partial charge in [-0.2, -0.15) is 0 Å². The molecule has 0 heterocycles. The number of aromatic carboxylic acids is 1. The number of ketones is 1. The summed E-state index contributed by atoms with van der Waals surface area (Å²) in [7, 11) is 0. The molecule has 2 rings (SSSR count). The Hall–Kier alpha value is -1.64. The van der Waals surface area contributed by atoms with E-state index in [2.05, 4.69) is 0 Å². The predicted molar refractivity (Wildman–Crippen MR) is 59.7 cm³/mol. The van der Waals surface area contributed by atoms with Crippen LogP contribution in [0.5, 0.6) is 0 Å². The Labute approximate surface area is 94.1 Å². The van der Waals surface area contributed by atoms with Crippen molar-refractivity contribution in [2.24, 2.45) is 0 Å². The van der Waals surface area contributed by atoms with E-state index in [1.807, 2.05) is 13.0 Å². The highest BCUT2D eigenvalue weighted by Crippen LogP contribution is 2.34. The van der Waals surface area contributed by atoms with Gasteiger partial charge in [0.15, 0.2) is 0 Å². The molecule has 1 aromatic carbocycles. The van der Waals surface area contributed by atoms with Crippen LogP contribution >= 0.6 is 0 Å². The van der Waals surface area contributed by atoms with E-state index < -0.39 is 5.97 Å². The van der Waals surface area contributed by atoms with E-state index in [9.17, 15) is 9.59 Å². The number of carboxylic acids is 1. The van der Waals surface area contributed by atoms with Crippen molar-refractivity contribution >= 4 is 11.8 Å². The number of rotatable bonds is 2. The molecule has 84 valence electrons. The fraction of sp³-hybridized carbons (Fsp3) is 0.385. The number of Topliss-reactive ketones (excluding diaryl/α,β-unsaturated/α-hetero) is 1. The smallest absolute Gasteiger partial charge is 0.335 e. The Kier molecular flexibility index (Phi) is 2.77. The number of carboxylic acid groups (broad SMARTS) is 1. The Bertz CT molecular complexity index is 448. The molecule has 0 bridgehead atoms. The van der Waals surface area contributed by atoms with Gasteiger partial charge in [-0.25, -0.2) is 4.79 Å². The first kappa shape index (κ1) is 10.9. The number of carbonyl (C=O) groups is 2. The van der Waals surface area contributed by atoms with Gasteiger partial charge in [-0.1, -0.05) is 6.07 Å². The highest BCUT2D eigenvalue weighted by molar-refractivity contribution is 5.88. The van der Waals surface area contributed by atoms with Crippen molar-refractivity contribution in [3.05, 3.63) is 34.9 Å². The van der Waals surface area contributed by atoms with Gasteiger partial charge in [-0.3, -0.25) is 4.79 Å². The molecule has 3 nitrogen and oxygen atoms in total. The minimum atomic E-state index is -0.905. The van der Waals surface area contributed by atoms with Gasteiger partial charge in [-0.05, 0) is 42.5 Å². The summed E-state index contributed by atoms with van der Waals surface area (Å²) in [5.41, 5.74) is 2.40. The van der Waals surface area contributed by atoms with Gasteiger partial charge in [-0.15, -0.1) is 0 Å². The zero-order valence-electron chi connectivity index (χ0n) is 9.19. The van der Waals surface area contributed by atoms with Crippen molar-refractivity contribution in [2.45, 2.75) is 32.1 Å². The van der Waals surface area contributed by atoms with Gasteiger partial charge >= 0.3 is 5.97 Å². The summed E-state index contributed by atoms with van der Waals surface area (Å²) in [6, 6.07) is 5.15. The van der Waals surface area contributed by atoms with Crippen LogP contribution in [0.25, 0.3) is 0 Å². The minimum absolute atomic E-state index is 0.287. The van der Waals surface area contributed by atoms with Gasteiger partial charge in [0.25, 0.3) is 0 Å². The number of aryl methyl sites for hydroxylation is 1. The first-order valence-electron chi connectivity index (χ1n) is 5.43. The number of benzene rings is 1.